The van der Waals surface area contributed by atoms with Crippen LogP contribution >= 0.6 is 11.6 Å². The molecule has 0 bridgehead atoms. The molecule has 82 valence electrons. The number of aliphatic hydroxyl groups excluding tert-OH is 1. The highest BCUT2D eigenvalue weighted by Gasteiger charge is 2.47. The predicted molar refractivity (Wildman–Crippen MR) is 63.3 cm³/mol. The van der Waals surface area contributed by atoms with Crippen molar-refractivity contribution in [3.8, 4) is 0 Å². The number of nitrogens with one attached hydrogen (secondary N) is 1. The summed E-state index contributed by atoms with van der Waals surface area (Å²) in [6.45, 7) is 4.13. The van der Waals surface area contributed by atoms with Crippen LogP contribution in [-0.2, 0) is 0 Å². The molecule has 3 heteroatoms. The number of aliphatic hydroxyl groups is 1. The molecule has 0 aliphatic heterocycles. The van der Waals surface area contributed by atoms with Gasteiger partial charge < -0.3 is 10.4 Å². The van der Waals surface area contributed by atoms with Crippen molar-refractivity contribution in [3.63, 3.8) is 0 Å². The maximum atomic E-state index is 9.62. The summed E-state index contributed by atoms with van der Waals surface area (Å²) in [4.78, 5) is 0. The minimum Gasteiger partial charge on any atom is -0.392 e. The third kappa shape index (κ3) is 1.84. The van der Waals surface area contributed by atoms with Crippen molar-refractivity contribution in [1.29, 1.82) is 0 Å². The zero-order valence-corrected chi connectivity index (χ0v) is 9.75. The second kappa shape index (κ2) is 3.69. The van der Waals surface area contributed by atoms with E-state index in [4.69, 9.17) is 11.6 Å². The standard InChI is InChI=1S/C12H16ClNO/c1-12(2)10(7-11(12)15)14-9-6-4-3-5-8(9)13/h3-6,10-11,14-15H,7H2,1-2H3. The number of hydrogen-bond acceptors (Lipinski definition) is 2. The molecule has 1 aromatic rings. The molecule has 0 heterocycles. The van der Waals surface area contributed by atoms with E-state index in [1.807, 2.05) is 24.3 Å². The van der Waals surface area contributed by atoms with Gasteiger partial charge in [0.1, 0.15) is 0 Å². The van der Waals surface area contributed by atoms with Crippen molar-refractivity contribution in [2.24, 2.45) is 5.41 Å². The van der Waals surface area contributed by atoms with Crippen LogP contribution in [-0.4, -0.2) is 17.3 Å². The van der Waals surface area contributed by atoms with E-state index in [-0.39, 0.29) is 11.5 Å². The zero-order chi connectivity index (χ0) is 11.1. The Morgan fingerprint density at radius 3 is 2.60 bits per heavy atom. The molecule has 1 aromatic carbocycles. The first-order chi connectivity index (χ1) is 7.01. The van der Waals surface area contributed by atoms with E-state index in [1.165, 1.54) is 0 Å². The molecule has 1 saturated carbocycles. The van der Waals surface area contributed by atoms with Crippen LogP contribution in [0, 0.1) is 5.41 Å². The van der Waals surface area contributed by atoms with Gasteiger partial charge in [0, 0.05) is 11.5 Å². The Balaban J connectivity index is 2.08. The van der Waals surface area contributed by atoms with Crippen molar-refractivity contribution in [2.75, 3.05) is 5.32 Å². The van der Waals surface area contributed by atoms with Crippen molar-refractivity contribution < 1.29 is 5.11 Å². The number of hydrogen-bond donors (Lipinski definition) is 2. The fourth-order valence-corrected chi connectivity index (χ4v) is 2.10. The zero-order valence-electron chi connectivity index (χ0n) is 9.00. The molecule has 0 amide bonds. The number of benzene rings is 1. The first-order valence-corrected chi connectivity index (χ1v) is 5.59. The minimum atomic E-state index is -0.211. The highest BCUT2D eigenvalue weighted by atomic mass is 35.5. The first-order valence-electron chi connectivity index (χ1n) is 5.21. The first kappa shape index (κ1) is 10.8. The normalized spacial score (nSPS) is 28.3. The number of anilines is 1. The summed E-state index contributed by atoms with van der Waals surface area (Å²) in [5.41, 5.74) is 0.878. The summed E-state index contributed by atoms with van der Waals surface area (Å²) < 4.78 is 0. The lowest BCUT2D eigenvalue weighted by Crippen LogP contribution is -2.56. The molecule has 1 fully saturated rings. The van der Waals surface area contributed by atoms with E-state index < -0.39 is 0 Å². The lowest BCUT2D eigenvalue weighted by atomic mass is 9.64. The van der Waals surface area contributed by atoms with Gasteiger partial charge in [-0.1, -0.05) is 37.6 Å². The molecule has 2 N–H and O–H groups in total. The van der Waals surface area contributed by atoms with Gasteiger partial charge in [-0.2, -0.15) is 0 Å². The van der Waals surface area contributed by atoms with E-state index in [2.05, 4.69) is 19.2 Å². The Hall–Kier alpha value is -0.730. The SMILES string of the molecule is CC1(C)C(O)CC1Nc1ccccc1Cl. The third-order valence-corrected chi connectivity index (χ3v) is 3.75. The second-order valence-corrected chi connectivity index (χ2v) is 5.16. The lowest BCUT2D eigenvalue weighted by Gasteiger charge is -2.50. The summed E-state index contributed by atoms with van der Waals surface area (Å²) in [6, 6.07) is 7.99. The Bertz CT molecular complexity index is 364. The molecule has 2 rings (SSSR count). The van der Waals surface area contributed by atoms with Crippen LogP contribution in [0.4, 0.5) is 5.69 Å². The summed E-state index contributed by atoms with van der Waals surface area (Å²) in [7, 11) is 0. The fourth-order valence-electron chi connectivity index (χ4n) is 1.91. The van der Waals surface area contributed by atoms with Gasteiger partial charge in [-0.3, -0.25) is 0 Å². The monoisotopic (exact) mass is 225 g/mol. The number of halogens is 1. The Kier molecular flexibility index (Phi) is 2.65. The molecule has 2 atom stereocenters. The predicted octanol–water partition coefficient (Wildman–Crippen LogP) is 2.91. The van der Waals surface area contributed by atoms with Crippen molar-refractivity contribution in [3.05, 3.63) is 29.3 Å². The molecule has 0 radical (unpaired) electrons. The average Bonchev–Trinajstić information content (AvgIpc) is 2.20. The van der Waals surface area contributed by atoms with Crippen LogP contribution in [0.25, 0.3) is 0 Å². The second-order valence-electron chi connectivity index (χ2n) is 4.75. The van der Waals surface area contributed by atoms with Crippen LogP contribution in [0.2, 0.25) is 5.02 Å². The van der Waals surface area contributed by atoms with Gasteiger partial charge in [0.05, 0.1) is 16.8 Å². The van der Waals surface area contributed by atoms with Gasteiger partial charge in [0.25, 0.3) is 0 Å². The minimum absolute atomic E-state index is 0.0703. The molecule has 15 heavy (non-hydrogen) atoms. The Morgan fingerprint density at radius 1 is 1.40 bits per heavy atom. The lowest BCUT2D eigenvalue weighted by molar-refractivity contribution is -0.0510. The molecule has 2 unspecified atom stereocenters. The number of rotatable bonds is 2. The highest BCUT2D eigenvalue weighted by molar-refractivity contribution is 6.33. The summed E-state index contributed by atoms with van der Waals surface area (Å²) >= 11 is 6.05. The van der Waals surface area contributed by atoms with Crippen LogP contribution in [0.1, 0.15) is 20.3 Å². The third-order valence-electron chi connectivity index (χ3n) is 3.42. The smallest absolute Gasteiger partial charge is 0.0637 e. The fraction of sp³-hybridized carbons (Fsp3) is 0.500. The van der Waals surface area contributed by atoms with E-state index >= 15 is 0 Å². The van der Waals surface area contributed by atoms with E-state index in [1.54, 1.807) is 0 Å². The molecular formula is C12H16ClNO. The van der Waals surface area contributed by atoms with Gasteiger partial charge in [-0.15, -0.1) is 0 Å². The van der Waals surface area contributed by atoms with Crippen LogP contribution < -0.4 is 5.32 Å². The number of para-hydroxylation sites is 1. The quantitative estimate of drug-likeness (QED) is 0.811. The summed E-state index contributed by atoms with van der Waals surface area (Å²) in [6.07, 6.45) is 0.579. The molecule has 0 spiro atoms. The molecular weight excluding hydrogens is 210 g/mol. The maximum Gasteiger partial charge on any atom is 0.0637 e. The molecule has 1 aliphatic rings. The molecule has 0 saturated heterocycles. The van der Waals surface area contributed by atoms with Crippen molar-refractivity contribution >= 4 is 17.3 Å². The van der Waals surface area contributed by atoms with Gasteiger partial charge >= 0.3 is 0 Å². The Labute approximate surface area is 95.3 Å². The van der Waals surface area contributed by atoms with E-state index in [0.29, 0.717) is 6.04 Å². The van der Waals surface area contributed by atoms with Crippen LogP contribution in [0.5, 0.6) is 0 Å². The van der Waals surface area contributed by atoms with Gasteiger partial charge in [0.2, 0.25) is 0 Å². The topological polar surface area (TPSA) is 32.3 Å². The molecule has 1 aliphatic carbocycles. The van der Waals surface area contributed by atoms with Gasteiger partial charge in [-0.25, -0.2) is 0 Å². The van der Waals surface area contributed by atoms with Crippen molar-refractivity contribution in [2.45, 2.75) is 32.4 Å². The van der Waals surface area contributed by atoms with E-state index in [9.17, 15) is 5.11 Å². The maximum absolute atomic E-state index is 9.62. The summed E-state index contributed by atoms with van der Waals surface area (Å²) in [5, 5.41) is 13.7. The largest absolute Gasteiger partial charge is 0.392 e. The molecule has 2 nitrogen and oxygen atoms in total. The van der Waals surface area contributed by atoms with Crippen LogP contribution in [0.15, 0.2) is 24.3 Å². The van der Waals surface area contributed by atoms with Gasteiger partial charge in [0.15, 0.2) is 0 Å². The van der Waals surface area contributed by atoms with Crippen molar-refractivity contribution in [1.82, 2.24) is 0 Å². The Morgan fingerprint density at radius 2 is 2.07 bits per heavy atom. The highest BCUT2D eigenvalue weighted by Crippen LogP contribution is 2.42. The van der Waals surface area contributed by atoms with Gasteiger partial charge in [-0.05, 0) is 18.6 Å². The summed E-state index contributed by atoms with van der Waals surface area (Å²) in [5.74, 6) is 0. The van der Waals surface area contributed by atoms with Crippen LogP contribution in [0.3, 0.4) is 0 Å². The van der Waals surface area contributed by atoms with E-state index in [0.717, 1.165) is 17.1 Å². The average molecular weight is 226 g/mol. The molecule has 0 aromatic heterocycles.